The van der Waals surface area contributed by atoms with Crippen molar-refractivity contribution in [3.8, 4) is 0 Å². The Kier molecular flexibility index (Phi) is 2.63. The summed E-state index contributed by atoms with van der Waals surface area (Å²) in [5, 5.41) is 8.05. The number of hydrogen-bond donors (Lipinski definition) is 0. The molecule has 0 saturated carbocycles. The lowest BCUT2D eigenvalue weighted by Crippen LogP contribution is -2.24. The summed E-state index contributed by atoms with van der Waals surface area (Å²) < 4.78 is 5.27. The normalized spacial score (nSPS) is 14.1. The Balaban J connectivity index is 1.95. The van der Waals surface area contributed by atoms with E-state index in [1.54, 1.807) is 32.2 Å². The van der Waals surface area contributed by atoms with E-state index in [0.717, 1.165) is 4.90 Å². The highest BCUT2D eigenvalue weighted by atomic mass is 32.2. The van der Waals surface area contributed by atoms with Crippen molar-refractivity contribution in [3.05, 3.63) is 29.7 Å². The van der Waals surface area contributed by atoms with Crippen molar-refractivity contribution in [2.24, 2.45) is 0 Å². The quantitative estimate of drug-likeness (QED) is 0.776. The number of anilines is 1. The molecule has 1 aromatic carbocycles. The van der Waals surface area contributed by atoms with Crippen molar-refractivity contribution in [3.63, 3.8) is 0 Å². The summed E-state index contributed by atoms with van der Waals surface area (Å²) in [6, 6.07) is 5.17. The highest BCUT2D eigenvalue weighted by Gasteiger charge is 2.33. The first kappa shape index (κ1) is 11.9. The van der Waals surface area contributed by atoms with Gasteiger partial charge in [-0.2, -0.15) is 0 Å². The third-order valence-corrected chi connectivity index (χ3v) is 3.62. The summed E-state index contributed by atoms with van der Waals surface area (Å²) in [6.07, 6.45) is 0. The number of Topliss-reactive ketones (excluding diaryl/α,β-unsaturated/α-hetero) is 1. The lowest BCUT2D eigenvalue weighted by molar-refractivity contribution is -0.114. The predicted molar refractivity (Wildman–Crippen MR) is 67.3 cm³/mol. The molecular weight excluding hydrogens is 266 g/mol. The Morgan fingerprint density at radius 2 is 2.05 bits per heavy atom. The van der Waals surface area contributed by atoms with Crippen molar-refractivity contribution in [2.75, 3.05) is 11.9 Å². The number of fused-ring (bicyclic) bond motifs is 1. The standard InChI is InChI=1S/C12H9N3O3S/c1-6-13-14-12(18-6)19-7-3-4-8-9(5-7)15(2)11(17)10(8)16/h3-5H,1-2H3. The van der Waals surface area contributed by atoms with Crippen LogP contribution in [0.15, 0.2) is 32.7 Å². The fourth-order valence-electron chi connectivity index (χ4n) is 1.84. The van der Waals surface area contributed by atoms with E-state index in [1.807, 2.05) is 0 Å². The molecule has 96 valence electrons. The number of likely N-dealkylation sites (N-methyl/N-ethyl adjacent to an activating group) is 1. The fraction of sp³-hybridized carbons (Fsp3) is 0.167. The smallest absolute Gasteiger partial charge is 0.299 e. The van der Waals surface area contributed by atoms with Crippen molar-refractivity contribution < 1.29 is 14.0 Å². The predicted octanol–water partition coefficient (Wildman–Crippen LogP) is 1.69. The number of carbonyl (C=O) groups is 2. The lowest BCUT2D eigenvalue weighted by Gasteiger charge is -2.09. The van der Waals surface area contributed by atoms with Crippen LogP contribution in [-0.4, -0.2) is 28.9 Å². The number of hydrogen-bond acceptors (Lipinski definition) is 6. The average Bonchev–Trinajstić information content (AvgIpc) is 2.89. The minimum Gasteiger partial charge on any atom is -0.416 e. The SMILES string of the molecule is Cc1nnc(Sc2ccc3c(c2)N(C)C(=O)C3=O)o1. The molecular formula is C12H9N3O3S. The van der Waals surface area contributed by atoms with Crippen LogP contribution in [0.2, 0.25) is 0 Å². The van der Waals surface area contributed by atoms with Gasteiger partial charge in [-0.15, -0.1) is 10.2 Å². The zero-order chi connectivity index (χ0) is 13.6. The molecule has 0 aliphatic carbocycles. The van der Waals surface area contributed by atoms with Gasteiger partial charge in [0, 0.05) is 18.9 Å². The molecule has 3 rings (SSSR count). The summed E-state index contributed by atoms with van der Waals surface area (Å²) in [4.78, 5) is 25.4. The highest BCUT2D eigenvalue weighted by Crippen LogP contribution is 2.34. The Morgan fingerprint density at radius 1 is 1.26 bits per heavy atom. The van der Waals surface area contributed by atoms with Gasteiger partial charge in [0.15, 0.2) is 0 Å². The van der Waals surface area contributed by atoms with Gasteiger partial charge in [0.25, 0.3) is 16.9 Å². The van der Waals surface area contributed by atoms with Gasteiger partial charge in [0.2, 0.25) is 5.89 Å². The molecule has 0 saturated heterocycles. The van der Waals surface area contributed by atoms with Gasteiger partial charge in [-0.1, -0.05) is 0 Å². The van der Waals surface area contributed by atoms with Gasteiger partial charge in [-0.3, -0.25) is 9.59 Å². The van der Waals surface area contributed by atoms with E-state index in [9.17, 15) is 9.59 Å². The number of rotatable bonds is 2. The van der Waals surface area contributed by atoms with Crippen LogP contribution in [0.5, 0.6) is 0 Å². The largest absolute Gasteiger partial charge is 0.416 e. The number of nitrogens with zero attached hydrogens (tertiary/aromatic N) is 3. The number of amides is 1. The van der Waals surface area contributed by atoms with E-state index >= 15 is 0 Å². The maximum absolute atomic E-state index is 11.6. The first-order chi connectivity index (χ1) is 9.06. The molecule has 0 spiro atoms. The lowest BCUT2D eigenvalue weighted by atomic mass is 10.1. The molecule has 0 N–H and O–H groups in total. The monoisotopic (exact) mass is 275 g/mol. The van der Waals surface area contributed by atoms with E-state index in [4.69, 9.17) is 4.42 Å². The number of aryl methyl sites for hydroxylation is 1. The number of carbonyl (C=O) groups excluding carboxylic acids is 2. The molecule has 2 aromatic rings. The van der Waals surface area contributed by atoms with Gasteiger partial charge >= 0.3 is 0 Å². The van der Waals surface area contributed by atoms with Crippen LogP contribution < -0.4 is 4.90 Å². The molecule has 1 aliphatic rings. The molecule has 1 aromatic heterocycles. The van der Waals surface area contributed by atoms with Crippen molar-refractivity contribution in [1.29, 1.82) is 0 Å². The second kappa shape index (κ2) is 4.20. The topological polar surface area (TPSA) is 76.3 Å². The minimum absolute atomic E-state index is 0.427. The zero-order valence-corrected chi connectivity index (χ0v) is 11.0. The van der Waals surface area contributed by atoms with Crippen LogP contribution in [0.4, 0.5) is 5.69 Å². The van der Waals surface area contributed by atoms with E-state index in [-0.39, 0.29) is 0 Å². The van der Waals surface area contributed by atoms with E-state index in [1.165, 1.54) is 16.7 Å². The van der Waals surface area contributed by atoms with Crippen molar-refractivity contribution >= 4 is 29.1 Å². The third-order valence-electron chi connectivity index (χ3n) is 2.79. The summed E-state index contributed by atoms with van der Waals surface area (Å²) >= 11 is 1.29. The van der Waals surface area contributed by atoms with Gasteiger partial charge in [-0.05, 0) is 30.0 Å². The van der Waals surface area contributed by atoms with Crippen LogP contribution in [0.3, 0.4) is 0 Å². The van der Waals surface area contributed by atoms with Crippen LogP contribution in [0.1, 0.15) is 16.2 Å². The summed E-state index contributed by atoms with van der Waals surface area (Å²) in [5.41, 5.74) is 1.04. The first-order valence-corrected chi connectivity index (χ1v) is 6.32. The Bertz CT molecular complexity index is 695. The maximum atomic E-state index is 11.6. The molecule has 0 radical (unpaired) electrons. The molecule has 0 bridgehead atoms. The third kappa shape index (κ3) is 1.91. The molecule has 7 heteroatoms. The summed E-state index contributed by atoms with van der Waals surface area (Å²) in [7, 11) is 1.58. The Hall–Kier alpha value is -2.15. The molecule has 0 fully saturated rings. The molecule has 1 amide bonds. The fourth-order valence-corrected chi connectivity index (χ4v) is 2.59. The highest BCUT2D eigenvalue weighted by molar-refractivity contribution is 7.99. The summed E-state index contributed by atoms with van der Waals surface area (Å²) in [5.74, 6) is -0.486. The number of ketones is 1. The van der Waals surface area contributed by atoms with Crippen LogP contribution >= 0.6 is 11.8 Å². The molecule has 6 nitrogen and oxygen atoms in total. The van der Waals surface area contributed by atoms with E-state index in [0.29, 0.717) is 22.4 Å². The molecule has 1 aliphatic heterocycles. The van der Waals surface area contributed by atoms with Gasteiger partial charge in [-0.25, -0.2) is 0 Å². The van der Waals surface area contributed by atoms with Gasteiger partial charge in [0.05, 0.1) is 11.3 Å². The van der Waals surface area contributed by atoms with E-state index < -0.39 is 11.7 Å². The average molecular weight is 275 g/mol. The molecule has 0 unspecified atom stereocenters. The van der Waals surface area contributed by atoms with Crippen LogP contribution in [0.25, 0.3) is 0 Å². The maximum Gasteiger partial charge on any atom is 0.299 e. The second-order valence-electron chi connectivity index (χ2n) is 4.06. The van der Waals surface area contributed by atoms with Crippen molar-refractivity contribution in [2.45, 2.75) is 17.0 Å². The molecule has 0 atom stereocenters. The molecule has 19 heavy (non-hydrogen) atoms. The zero-order valence-electron chi connectivity index (χ0n) is 10.2. The van der Waals surface area contributed by atoms with Crippen molar-refractivity contribution in [1.82, 2.24) is 10.2 Å². The Morgan fingerprint density at radius 3 is 2.74 bits per heavy atom. The van der Waals surface area contributed by atoms with E-state index in [2.05, 4.69) is 10.2 Å². The number of aromatic nitrogens is 2. The Labute approximate surface area is 112 Å². The molecule has 2 heterocycles. The first-order valence-electron chi connectivity index (χ1n) is 5.50. The minimum atomic E-state index is -0.509. The number of benzene rings is 1. The van der Waals surface area contributed by atoms with Crippen LogP contribution in [0, 0.1) is 6.92 Å². The summed E-state index contributed by atoms with van der Waals surface area (Å²) in [6.45, 7) is 1.71. The van der Waals surface area contributed by atoms with Gasteiger partial charge in [0.1, 0.15) is 0 Å². The van der Waals surface area contributed by atoms with Gasteiger partial charge < -0.3 is 9.32 Å². The second-order valence-corrected chi connectivity index (χ2v) is 5.09. The van der Waals surface area contributed by atoms with Crippen LogP contribution in [-0.2, 0) is 4.79 Å².